The molecule has 2 fully saturated rings. The summed E-state index contributed by atoms with van der Waals surface area (Å²) in [6.45, 7) is 7.86. The number of carbonyl (C=O) groups excluding carboxylic acids is 1. The number of nitrogens with zero attached hydrogens (tertiary/aromatic N) is 1. The van der Waals surface area contributed by atoms with E-state index in [0.717, 1.165) is 25.7 Å². The predicted octanol–water partition coefficient (Wildman–Crippen LogP) is 1.89. The molecule has 2 heterocycles. The largest absolute Gasteiger partial charge is 0.444 e. The minimum absolute atomic E-state index is 0.118. The summed E-state index contributed by atoms with van der Waals surface area (Å²) >= 11 is 0. The van der Waals surface area contributed by atoms with E-state index in [1.54, 1.807) is 0 Å². The fraction of sp³-hybridized carbons (Fsp3) is 0.933. The molecule has 0 aromatic heterocycles. The molecular weight excluding hydrogens is 256 g/mol. The Morgan fingerprint density at radius 1 is 1.35 bits per heavy atom. The molecule has 0 saturated carbocycles. The highest BCUT2D eigenvalue weighted by atomic mass is 16.6. The standard InChI is InChI=1S/C15H28N2O3/c1-10(9-18)16-11-7-12-5-6-13(8-11)17(12)14(19)20-15(2,3)4/h10-13,16,18H,5-9H2,1-4H3. The van der Waals surface area contributed by atoms with Gasteiger partial charge in [-0.2, -0.15) is 0 Å². The van der Waals surface area contributed by atoms with Gasteiger partial charge in [-0.1, -0.05) is 0 Å². The Morgan fingerprint density at radius 2 is 1.90 bits per heavy atom. The Morgan fingerprint density at radius 3 is 2.35 bits per heavy atom. The summed E-state index contributed by atoms with van der Waals surface area (Å²) in [5.41, 5.74) is -0.434. The van der Waals surface area contributed by atoms with Crippen molar-refractivity contribution in [2.24, 2.45) is 0 Å². The van der Waals surface area contributed by atoms with E-state index in [1.165, 1.54) is 0 Å². The zero-order valence-corrected chi connectivity index (χ0v) is 13.1. The van der Waals surface area contributed by atoms with E-state index in [0.29, 0.717) is 6.04 Å². The maximum Gasteiger partial charge on any atom is 0.410 e. The number of aliphatic hydroxyl groups is 1. The summed E-state index contributed by atoms with van der Waals surface area (Å²) < 4.78 is 5.52. The van der Waals surface area contributed by atoms with Crippen LogP contribution in [0, 0.1) is 0 Å². The van der Waals surface area contributed by atoms with Gasteiger partial charge in [0.05, 0.1) is 6.61 Å². The lowest BCUT2D eigenvalue weighted by atomic mass is 9.97. The van der Waals surface area contributed by atoms with Crippen molar-refractivity contribution < 1.29 is 14.6 Å². The average molecular weight is 284 g/mol. The molecule has 2 saturated heterocycles. The van der Waals surface area contributed by atoms with Crippen LogP contribution in [0.5, 0.6) is 0 Å². The van der Waals surface area contributed by atoms with E-state index in [4.69, 9.17) is 9.84 Å². The fourth-order valence-corrected chi connectivity index (χ4v) is 3.38. The molecule has 0 aliphatic carbocycles. The SMILES string of the molecule is CC(CO)NC1CC2CCC(C1)N2C(=O)OC(C)(C)C. The van der Waals surface area contributed by atoms with E-state index < -0.39 is 5.60 Å². The van der Waals surface area contributed by atoms with Crippen LogP contribution in [-0.2, 0) is 4.74 Å². The van der Waals surface area contributed by atoms with Crippen molar-refractivity contribution >= 4 is 6.09 Å². The first-order valence-electron chi connectivity index (χ1n) is 7.68. The molecule has 0 aromatic carbocycles. The Bertz CT molecular complexity index is 340. The molecule has 3 atom stereocenters. The van der Waals surface area contributed by atoms with E-state index in [9.17, 15) is 4.79 Å². The van der Waals surface area contributed by atoms with Crippen molar-refractivity contribution in [1.82, 2.24) is 10.2 Å². The second-order valence-electron chi connectivity index (χ2n) is 7.19. The lowest BCUT2D eigenvalue weighted by molar-refractivity contribution is 0.00403. The summed E-state index contributed by atoms with van der Waals surface area (Å²) in [7, 11) is 0. The molecule has 5 heteroatoms. The number of aliphatic hydroxyl groups excluding tert-OH is 1. The summed E-state index contributed by atoms with van der Waals surface area (Å²) in [6, 6.07) is 1.08. The van der Waals surface area contributed by atoms with Crippen LogP contribution in [-0.4, -0.2) is 52.5 Å². The van der Waals surface area contributed by atoms with Gasteiger partial charge in [-0.25, -0.2) is 4.79 Å². The second-order valence-corrected chi connectivity index (χ2v) is 7.19. The predicted molar refractivity (Wildman–Crippen MR) is 77.6 cm³/mol. The number of ether oxygens (including phenoxy) is 1. The molecule has 2 rings (SSSR count). The minimum Gasteiger partial charge on any atom is -0.444 e. The topological polar surface area (TPSA) is 61.8 Å². The van der Waals surface area contributed by atoms with Gasteiger partial charge in [-0.05, 0) is 53.4 Å². The highest BCUT2D eigenvalue weighted by Crippen LogP contribution is 2.36. The van der Waals surface area contributed by atoms with Crippen molar-refractivity contribution in [2.75, 3.05) is 6.61 Å². The van der Waals surface area contributed by atoms with Crippen molar-refractivity contribution in [2.45, 2.75) is 83.1 Å². The van der Waals surface area contributed by atoms with Crippen LogP contribution in [0.1, 0.15) is 53.4 Å². The van der Waals surface area contributed by atoms with Gasteiger partial charge < -0.3 is 20.1 Å². The molecule has 116 valence electrons. The third kappa shape index (κ3) is 3.64. The van der Waals surface area contributed by atoms with E-state index in [2.05, 4.69) is 5.32 Å². The molecule has 0 radical (unpaired) electrons. The van der Waals surface area contributed by atoms with Gasteiger partial charge in [0.25, 0.3) is 0 Å². The Balaban J connectivity index is 1.95. The van der Waals surface area contributed by atoms with Gasteiger partial charge in [0.2, 0.25) is 0 Å². The number of fused-ring (bicyclic) bond motifs is 2. The minimum atomic E-state index is -0.434. The summed E-state index contributed by atoms with van der Waals surface area (Å²) in [6.07, 6.45) is 3.88. The van der Waals surface area contributed by atoms with Crippen LogP contribution < -0.4 is 5.32 Å². The summed E-state index contributed by atoms with van der Waals surface area (Å²) in [5.74, 6) is 0. The Kier molecular flexibility index (Phi) is 4.59. The first-order valence-corrected chi connectivity index (χ1v) is 7.68. The molecule has 3 unspecified atom stereocenters. The smallest absolute Gasteiger partial charge is 0.410 e. The van der Waals surface area contributed by atoms with Gasteiger partial charge in [0, 0.05) is 24.2 Å². The van der Waals surface area contributed by atoms with Gasteiger partial charge in [-0.3, -0.25) is 0 Å². The van der Waals surface area contributed by atoms with Crippen LogP contribution in [0.4, 0.5) is 4.79 Å². The Hall–Kier alpha value is -0.810. The highest BCUT2D eigenvalue weighted by Gasteiger charge is 2.44. The second kappa shape index (κ2) is 5.90. The zero-order valence-electron chi connectivity index (χ0n) is 13.1. The number of piperidine rings is 1. The summed E-state index contributed by atoms with van der Waals surface area (Å²) in [5, 5.41) is 12.6. The maximum atomic E-state index is 12.3. The zero-order chi connectivity index (χ0) is 14.9. The van der Waals surface area contributed by atoms with Crippen LogP contribution in [0.25, 0.3) is 0 Å². The van der Waals surface area contributed by atoms with Gasteiger partial charge in [-0.15, -0.1) is 0 Å². The van der Waals surface area contributed by atoms with Crippen molar-refractivity contribution in [3.8, 4) is 0 Å². The molecule has 2 aliphatic heterocycles. The van der Waals surface area contributed by atoms with Crippen LogP contribution >= 0.6 is 0 Å². The normalized spacial score (nSPS) is 31.2. The lowest BCUT2D eigenvalue weighted by Crippen LogP contribution is -2.54. The summed E-state index contributed by atoms with van der Waals surface area (Å²) in [4.78, 5) is 14.3. The number of amides is 1. The fourth-order valence-electron chi connectivity index (χ4n) is 3.38. The third-order valence-corrected chi connectivity index (χ3v) is 4.13. The number of nitrogens with one attached hydrogen (secondary N) is 1. The first-order chi connectivity index (χ1) is 9.30. The molecule has 2 bridgehead atoms. The highest BCUT2D eigenvalue weighted by molar-refractivity contribution is 5.69. The molecular formula is C15H28N2O3. The van der Waals surface area contributed by atoms with Crippen LogP contribution in [0.2, 0.25) is 0 Å². The molecule has 0 spiro atoms. The van der Waals surface area contributed by atoms with Gasteiger partial charge in [0.1, 0.15) is 5.60 Å². The third-order valence-electron chi connectivity index (χ3n) is 4.13. The van der Waals surface area contributed by atoms with Gasteiger partial charge in [0.15, 0.2) is 0 Å². The number of rotatable bonds is 3. The number of hydrogen-bond acceptors (Lipinski definition) is 4. The van der Waals surface area contributed by atoms with Crippen molar-refractivity contribution in [1.29, 1.82) is 0 Å². The average Bonchev–Trinajstić information content (AvgIpc) is 2.59. The monoisotopic (exact) mass is 284 g/mol. The Labute approximate surface area is 121 Å². The van der Waals surface area contributed by atoms with E-state index >= 15 is 0 Å². The first kappa shape index (κ1) is 15.6. The molecule has 20 heavy (non-hydrogen) atoms. The molecule has 5 nitrogen and oxygen atoms in total. The number of hydrogen-bond donors (Lipinski definition) is 2. The van der Waals surface area contributed by atoms with Crippen molar-refractivity contribution in [3.63, 3.8) is 0 Å². The van der Waals surface area contributed by atoms with Crippen LogP contribution in [0.15, 0.2) is 0 Å². The lowest BCUT2D eigenvalue weighted by Gasteiger charge is -2.40. The van der Waals surface area contributed by atoms with Gasteiger partial charge >= 0.3 is 6.09 Å². The molecule has 1 amide bonds. The molecule has 2 N–H and O–H groups in total. The van der Waals surface area contributed by atoms with E-state index in [1.807, 2.05) is 32.6 Å². The molecule has 2 aliphatic rings. The maximum absolute atomic E-state index is 12.3. The van der Waals surface area contributed by atoms with Crippen molar-refractivity contribution in [3.05, 3.63) is 0 Å². The van der Waals surface area contributed by atoms with E-state index in [-0.39, 0.29) is 30.8 Å². The molecule has 0 aromatic rings. The number of carbonyl (C=O) groups is 1. The quantitative estimate of drug-likeness (QED) is 0.831. The van der Waals surface area contributed by atoms with Crippen LogP contribution in [0.3, 0.4) is 0 Å².